The van der Waals surface area contributed by atoms with E-state index in [0.717, 1.165) is 56.6 Å². The van der Waals surface area contributed by atoms with E-state index in [1.807, 2.05) is 24.3 Å². The monoisotopic (exact) mass is 358 g/mol. The van der Waals surface area contributed by atoms with Crippen LogP contribution in [0.25, 0.3) is 11.4 Å². The van der Waals surface area contributed by atoms with Crippen LogP contribution in [0.1, 0.15) is 32.6 Å². The first-order valence-corrected chi connectivity index (χ1v) is 9.22. The second-order valence-electron chi connectivity index (χ2n) is 6.53. The van der Waals surface area contributed by atoms with Crippen molar-refractivity contribution in [2.75, 3.05) is 31.6 Å². The number of nitrogens with zero attached hydrogens (tertiary/aromatic N) is 3. The Bertz CT molecular complexity index is 706. The lowest BCUT2D eigenvalue weighted by molar-refractivity contribution is -0.125. The molecular formula is C19H26N4O3. The summed E-state index contributed by atoms with van der Waals surface area (Å²) in [5.41, 5.74) is 0.881. The summed E-state index contributed by atoms with van der Waals surface area (Å²) in [5.74, 6) is 1.59. The van der Waals surface area contributed by atoms with Gasteiger partial charge in [0.1, 0.15) is 5.75 Å². The van der Waals surface area contributed by atoms with E-state index in [0.29, 0.717) is 11.8 Å². The van der Waals surface area contributed by atoms with Crippen molar-refractivity contribution in [3.8, 4) is 17.1 Å². The fourth-order valence-electron chi connectivity index (χ4n) is 3.07. The molecule has 0 saturated carbocycles. The molecule has 0 unspecified atom stereocenters. The van der Waals surface area contributed by atoms with Crippen LogP contribution >= 0.6 is 0 Å². The lowest BCUT2D eigenvalue weighted by Gasteiger charge is -2.29. The third-order valence-corrected chi connectivity index (χ3v) is 4.73. The molecule has 3 rings (SSSR count). The van der Waals surface area contributed by atoms with E-state index in [9.17, 15) is 4.79 Å². The van der Waals surface area contributed by atoms with Gasteiger partial charge < -0.3 is 19.5 Å². The summed E-state index contributed by atoms with van der Waals surface area (Å²) in [7, 11) is 1.63. The van der Waals surface area contributed by atoms with Crippen molar-refractivity contribution in [3.63, 3.8) is 0 Å². The highest BCUT2D eigenvalue weighted by Crippen LogP contribution is 2.25. The van der Waals surface area contributed by atoms with Gasteiger partial charge in [0.2, 0.25) is 11.7 Å². The Labute approximate surface area is 153 Å². The number of hydrogen-bond donors (Lipinski definition) is 1. The molecule has 1 saturated heterocycles. The number of aromatic nitrogens is 2. The lowest BCUT2D eigenvalue weighted by Crippen LogP contribution is -2.40. The van der Waals surface area contributed by atoms with E-state index in [-0.39, 0.29) is 11.8 Å². The van der Waals surface area contributed by atoms with Gasteiger partial charge in [-0.05, 0) is 43.5 Å². The number of carbonyl (C=O) groups excluding carboxylic acids is 1. The first-order valence-electron chi connectivity index (χ1n) is 9.22. The first kappa shape index (κ1) is 18.2. The molecule has 1 fully saturated rings. The van der Waals surface area contributed by atoms with E-state index >= 15 is 0 Å². The summed E-state index contributed by atoms with van der Waals surface area (Å²) in [6, 6.07) is 8.06. The van der Waals surface area contributed by atoms with Crippen molar-refractivity contribution < 1.29 is 14.1 Å². The molecule has 1 aliphatic heterocycles. The molecule has 0 bridgehead atoms. The Kier molecular flexibility index (Phi) is 6.09. The average molecular weight is 358 g/mol. The number of anilines is 1. The van der Waals surface area contributed by atoms with Crippen molar-refractivity contribution in [1.82, 2.24) is 15.5 Å². The van der Waals surface area contributed by atoms with Gasteiger partial charge in [-0.15, -0.1) is 0 Å². The largest absolute Gasteiger partial charge is 0.497 e. The van der Waals surface area contributed by atoms with Crippen LogP contribution in [0.4, 0.5) is 6.01 Å². The van der Waals surface area contributed by atoms with Crippen LogP contribution in [0.15, 0.2) is 28.8 Å². The fourth-order valence-corrected chi connectivity index (χ4v) is 3.07. The van der Waals surface area contributed by atoms with E-state index < -0.39 is 0 Å². The molecule has 1 aromatic heterocycles. The SMILES string of the molecule is CCCCNC(=O)C1CCN(c2nc(-c3ccc(OC)cc3)no2)CC1. The van der Waals surface area contributed by atoms with Gasteiger partial charge in [0.15, 0.2) is 0 Å². The van der Waals surface area contributed by atoms with Crippen molar-refractivity contribution in [2.24, 2.45) is 5.92 Å². The van der Waals surface area contributed by atoms with Gasteiger partial charge in [0.05, 0.1) is 7.11 Å². The van der Waals surface area contributed by atoms with Gasteiger partial charge in [-0.1, -0.05) is 18.5 Å². The number of ether oxygens (including phenoxy) is 1. The number of hydrogen-bond acceptors (Lipinski definition) is 6. The predicted octanol–water partition coefficient (Wildman–Crippen LogP) is 2.88. The lowest BCUT2D eigenvalue weighted by atomic mass is 9.96. The molecule has 0 radical (unpaired) electrons. The van der Waals surface area contributed by atoms with Crippen molar-refractivity contribution in [3.05, 3.63) is 24.3 Å². The zero-order valence-corrected chi connectivity index (χ0v) is 15.4. The fraction of sp³-hybridized carbons (Fsp3) is 0.526. The van der Waals surface area contributed by atoms with Gasteiger partial charge in [-0.2, -0.15) is 4.98 Å². The Morgan fingerprint density at radius 3 is 2.69 bits per heavy atom. The molecule has 0 spiro atoms. The van der Waals surface area contributed by atoms with Crippen LogP contribution in [0.2, 0.25) is 0 Å². The number of benzene rings is 1. The molecule has 140 valence electrons. The second kappa shape index (κ2) is 8.69. The molecule has 7 heteroatoms. The molecule has 1 aromatic carbocycles. The molecular weight excluding hydrogens is 332 g/mol. The van der Waals surface area contributed by atoms with Gasteiger partial charge in [0, 0.05) is 31.1 Å². The van der Waals surface area contributed by atoms with Crippen LogP contribution in [0, 0.1) is 5.92 Å². The standard InChI is InChI=1S/C19H26N4O3/c1-3-4-11-20-18(24)15-9-12-23(13-10-15)19-21-17(22-26-19)14-5-7-16(25-2)8-6-14/h5-8,15H,3-4,9-13H2,1-2H3,(H,20,24). The van der Waals surface area contributed by atoms with Gasteiger partial charge in [-0.25, -0.2) is 0 Å². The number of carbonyl (C=O) groups is 1. The Hall–Kier alpha value is -2.57. The summed E-state index contributed by atoms with van der Waals surface area (Å²) in [5, 5.41) is 7.10. The smallest absolute Gasteiger partial charge is 0.324 e. The molecule has 2 heterocycles. The third kappa shape index (κ3) is 4.33. The van der Waals surface area contributed by atoms with Gasteiger partial charge in [-0.3, -0.25) is 4.79 Å². The predicted molar refractivity (Wildman–Crippen MR) is 99.1 cm³/mol. The summed E-state index contributed by atoms with van der Waals surface area (Å²) < 4.78 is 10.6. The number of nitrogens with one attached hydrogen (secondary N) is 1. The van der Waals surface area contributed by atoms with Gasteiger partial charge >= 0.3 is 6.01 Å². The zero-order valence-electron chi connectivity index (χ0n) is 15.4. The Balaban J connectivity index is 1.55. The third-order valence-electron chi connectivity index (χ3n) is 4.73. The minimum Gasteiger partial charge on any atom is -0.497 e. The topological polar surface area (TPSA) is 80.5 Å². The van der Waals surface area contributed by atoms with Crippen LogP contribution in [-0.2, 0) is 4.79 Å². The van der Waals surface area contributed by atoms with Crippen LogP contribution < -0.4 is 15.0 Å². The number of unbranched alkanes of at least 4 members (excludes halogenated alkanes) is 1. The number of amides is 1. The average Bonchev–Trinajstić information content (AvgIpc) is 3.18. The minimum atomic E-state index is 0.0760. The van der Waals surface area contributed by atoms with Crippen LogP contribution in [-0.4, -0.2) is 42.8 Å². The van der Waals surface area contributed by atoms with Crippen molar-refractivity contribution in [2.45, 2.75) is 32.6 Å². The zero-order chi connectivity index (χ0) is 18.4. The van der Waals surface area contributed by atoms with Crippen LogP contribution in [0.5, 0.6) is 5.75 Å². The second-order valence-corrected chi connectivity index (χ2v) is 6.53. The molecule has 2 aromatic rings. The normalized spacial score (nSPS) is 15.1. The summed E-state index contributed by atoms with van der Waals surface area (Å²) in [4.78, 5) is 18.7. The summed E-state index contributed by atoms with van der Waals surface area (Å²) in [6.45, 7) is 4.38. The molecule has 7 nitrogen and oxygen atoms in total. The van der Waals surface area contributed by atoms with E-state index in [1.165, 1.54) is 0 Å². The summed E-state index contributed by atoms with van der Waals surface area (Å²) >= 11 is 0. The number of piperidine rings is 1. The highest BCUT2D eigenvalue weighted by molar-refractivity contribution is 5.78. The first-order chi connectivity index (χ1) is 12.7. The maximum Gasteiger partial charge on any atom is 0.324 e. The number of rotatable bonds is 7. The quantitative estimate of drug-likeness (QED) is 0.767. The maximum atomic E-state index is 12.2. The highest BCUT2D eigenvalue weighted by atomic mass is 16.5. The minimum absolute atomic E-state index is 0.0760. The van der Waals surface area contributed by atoms with Crippen molar-refractivity contribution >= 4 is 11.9 Å². The molecule has 1 aliphatic rings. The number of methoxy groups -OCH3 is 1. The Morgan fingerprint density at radius 1 is 1.31 bits per heavy atom. The maximum absolute atomic E-state index is 12.2. The van der Waals surface area contributed by atoms with Gasteiger partial charge in [0.25, 0.3) is 0 Å². The molecule has 0 atom stereocenters. The molecule has 1 amide bonds. The van der Waals surface area contributed by atoms with E-state index in [2.05, 4.69) is 27.3 Å². The molecule has 26 heavy (non-hydrogen) atoms. The van der Waals surface area contributed by atoms with E-state index in [1.54, 1.807) is 7.11 Å². The summed E-state index contributed by atoms with van der Waals surface area (Å²) in [6.07, 6.45) is 3.73. The van der Waals surface area contributed by atoms with Crippen LogP contribution in [0.3, 0.4) is 0 Å². The molecule has 0 aliphatic carbocycles. The van der Waals surface area contributed by atoms with Crippen molar-refractivity contribution in [1.29, 1.82) is 0 Å². The van der Waals surface area contributed by atoms with E-state index in [4.69, 9.17) is 9.26 Å². The molecule has 1 N–H and O–H groups in total. The Morgan fingerprint density at radius 2 is 2.04 bits per heavy atom. The highest BCUT2D eigenvalue weighted by Gasteiger charge is 2.27.